The van der Waals surface area contributed by atoms with Gasteiger partial charge in [0.15, 0.2) is 0 Å². The molecule has 1 aliphatic rings. The van der Waals surface area contributed by atoms with E-state index in [1.54, 1.807) is 30.3 Å². The summed E-state index contributed by atoms with van der Waals surface area (Å²) in [5.74, 6) is 0.348. The van der Waals surface area contributed by atoms with Gasteiger partial charge in [0.05, 0.1) is 15.1 Å². The minimum Gasteiger partial charge on any atom is -0.488 e. The fourth-order valence-corrected chi connectivity index (χ4v) is 4.60. The highest BCUT2D eigenvalue weighted by molar-refractivity contribution is 9.10. The van der Waals surface area contributed by atoms with Gasteiger partial charge in [-0.15, -0.1) is 0 Å². The van der Waals surface area contributed by atoms with E-state index in [4.69, 9.17) is 16.3 Å². The van der Waals surface area contributed by atoms with Gasteiger partial charge in [-0.1, -0.05) is 47.5 Å². The highest BCUT2D eigenvalue weighted by Crippen LogP contribution is 2.37. The van der Waals surface area contributed by atoms with Crippen LogP contribution in [-0.4, -0.2) is 11.1 Å². The third-order valence-corrected chi connectivity index (χ3v) is 6.35. The van der Waals surface area contributed by atoms with Crippen molar-refractivity contribution in [2.24, 2.45) is 0 Å². The first-order valence-electron chi connectivity index (χ1n) is 9.42. The smallest absolute Gasteiger partial charge is 0.298 e. The second-order valence-corrected chi connectivity index (χ2v) is 9.25. The van der Waals surface area contributed by atoms with Crippen molar-refractivity contribution >= 4 is 62.2 Å². The van der Waals surface area contributed by atoms with Gasteiger partial charge >= 0.3 is 0 Å². The SMILES string of the molecule is Cc1cccc(COc2ccc(/C=C3/SC(=O)N(c4ccc(Cl)cc4)C3=O)cc2Br)c1. The summed E-state index contributed by atoms with van der Waals surface area (Å²) in [5.41, 5.74) is 3.56. The number of aryl methyl sites for hydroxylation is 1. The van der Waals surface area contributed by atoms with Gasteiger partial charge in [-0.2, -0.15) is 0 Å². The summed E-state index contributed by atoms with van der Waals surface area (Å²) >= 11 is 10.3. The number of halogens is 2. The van der Waals surface area contributed by atoms with Crippen molar-refractivity contribution in [3.63, 3.8) is 0 Å². The molecule has 31 heavy (non-hydrogen) atoms. The fraction of sp³-hybridized carbons (Fsp3) is 0.0833. The van der Waals surface area contributed by atoms with E-state index >= 15 is 0 Å². The normalized spacial score (nSPS) is 15.1. The molecule has 1 saturated heterocycles. The zero-order chi connectivity index (χ0) is 22.0. The van der Waals surface area contributed by atoms with Crippen LogP contribution in [0.25, 0.3) is 6.08 Å². The lowest BCUT2D eigenvalue weighted by Gasteiger charge is -2.12. The number of nitrogens with zero attached hydrogens (tertiary/aromatic N) is 1. The molecule has 0 atom stereocenters. The Balaban J connectivity index is 1.49. The van der Waals surface area contributed by atoms with Gasteiger partial charge < -0.3 is 4.74 Å². The first kappa shape index (κ1) is 21.7. The molecule has 0 aromatic heterocycles. The molecule has 1 heterocycles. The van der Waals surface area contributed by atoms with Crippen molar-refractivity contribution in [3.8, 4) is 5.75 Å². The first-order chi connectivity index (χ1) is 14.9. The van der Waals surface area contributed by atoms with E-state index in [1.807, 2.05) is 43.3 Å². The number of rotatable bonds is 5. The third kappa shape index (κ3) is 5.03. The topological polar surface area (TPSA) is 46.6 Å². The van der Waals surface area contributed by atoms with E-state index in [0.717, 1.165) is 32.3 Å². The average molecular weight is 515 g/mol. The van der Waals surface area contributed by atoms with Crippen LogP contribution in [0.2, 0.25) is 5.02 Å². The maximum Gasteiger partial charge on any atom is 0.298 e. The largest absolute Gasteiger partial charge is 0.488 e. The standard InChI is InChI=1S/C24H17BrClNO3S/c1-15-3-2-4-17(11-15)14-30-21-10-5-16(12-20(21)25)13-22-23(28)27(24(29)31-22)19-8-6-18(26)7-9-19/h2-13H,14H2,1H3/b22-13+. The number of thioether (sulfide) groups is 1. The molecule has 7 heteroatoms. The van der Waals surface area contributed by atoms with Crippen LogP contribution in [0.5, 0.6) is 5.75 Å². The van der Waals surface area contributed by atoms with Crippen LogP contribution in [0.4, 0.5) is 10.5 Å². The van der Waals surface area contributed by atoms with Crippen LogP contribution in [0.15, 0.2) is 76.1 Å². The number of ether oxygens (including phenoxy) is 1. The summed E-state index contributed by atoms with van der Waals surface area (Å²) in [6.07, 6.45) is 1.70. The number of amides is 2. The summed E-state index contributed by atoms with van der Waals surface area (Å²) in [7, 11) is 0. The molecule has 4 nitrogen and oxygen atoms in total. The summed E-state index contributed by atoms with van der Waals surface area (Å²) in [6, 6.07) is 20.3. The molecule has 0 aliphatic carbocycles. The Morgan fingerprint density at radius 1 is 1.06 bits per heavy atom. The number of imide groups is 1. The summed E-state index contributed by atoms with van der Waals surface area (Å²) in [5, 5.41) is 0.205. The molecular weight excluding hydrogens is 498 g/mol. The van der Waals surface area contributed by atoms with E-state index in [1.165, 1.54) is 5.56 Å². The molecule has 1 fully saturated rings. The van der Waals surface area contributed by atoms with Gasteiger partial charge in [-0.3, -0.25) is 9.59 Å². The highest BCUT2D eigenvalue weighted by Gasteiger charge is 2.36. The number of carbonyl (C=O) groups excluding carboxylic acids is 2. The van der Waals surface area contributed by atoms with E-state index in [0.29, 0.717) is 28.0 Å². The molecule has 4 rings (SSSR count). The van der Waals surface area contributed by atoms with Crippen LogP contribution in [0.3, 0.4) is 0 Å². The molecule has 156 valence electrons. The Hall–Kier alpha value is -2.54. The molecule has 0 N–H and O–H groups in total. The zero-order valence-corrected chi connectivity index (χ0v) is 19.6. The monoisotopic (exact) mass is 513 g/mol. The predicted octanol–water partition coefficient (Wildman–Crippen LogP) is 7.23. The number of anilines is 1. The highest BCUT2D eigenvalue weighted by atomic mass is 79.9. The molecule has 3 aromatic carbocycles. The Labute approximate surface area is 198 Å². The van der Waals surface area contributed by atoms with Gasteiger partial charge in [0, 0.05) is 5.02 Å². The van der Waals surface area contributed by atoms with Crippen LogP contribution in [-0.2, 0) is 11.4 Å². The Morgan fingerprint density at radius 3 is 2.55 bits per heavy atom. The van der Waals surface area contributed by atoms with Gasteiger partial charge in [0.25, 0.3) is 11.1 Å². The lowest BCUT2D eigenvalue weighted by molar-refractivity contribution is -0.113. The first-order valence-corrected chi connectivity index (χ1v) is 11.4. The third-order valence-electron chi connectivity index (χ3n) is 4.61. The van der Waals surface area contributed by atoms with Crippen LogP contribution in [0, 0.1) is 6.92 Å². The van der Waals surface area contributed by atoms with Crippen molar-refractivity contribution in [2.45, 2.75) is 13.5 Å². The second-order valence-electron chi connectivity index (χ2n) is 6.96. The molecule has 1 aliphatic heterocycles. The molecule has 0 unspecified atom stereocenters. The maximum absolute atomic E-state index is 12.8. The van der Waals surface area contributed by atoms with Gasteiger partial charge in [0.1, 0.15) is 12.4 Å². The quantitative estimate of drug-likeness (QED) is 0.337. The summed E-state index contributed by atoms with van der Waals surface area (Å²) in [4.78, 5) is 26.7. The van der Waals surface area contributed by atoms with Crippen molar-refractivity contribution in [1.82, 2.24) is 0 Å². The fourth-order valence-electron chi connectivity index (χ4n) is 3.12. The Morgan fingerprint density at radius 2 is 1.84 bits per heavy atom. The van der Waals surface area contributed by atoms with Gasteiger partial charge in [0.2, 0.25) is 0 Å². The number of hydrogen-bond donors (Lipinski definition) is 0. The summed E-state index contributed by atoms with van der Waals surface area (Å²) < 4.78 is 6.68. The van der Waals surface area contributed by atoms with E-state index in [9.17, 15) is 9.59 Å². The van der Waals surface area contributed by atoms with E-state index in [-0.39, 0.29) is 11.1 Å². The molecule has 0 saturated carbocycles. The minimum atomic E-state index is -0.354. The zero-order valence-electron chi connectivity index (χ0n) is 16.5. The summed E-state index contributed by atoms with van der Waals surface area (Å²) in [6.45, 7) is 2.50. The molecule has 2 amide bonds. The van der Waals surface area contributed by atoms with Crippen LogP contribution >= 0.6 is 39.3 Å². The molecule has 0 spiro atoms. The lowest BCUT2D eigenvalue weighted by Crippen LogP contribution is -2.27. The van der Waals surface area contributed by atoms with E-state index < -0.39 is 0 Å². The lowest BCUT2D eigenvalue weighted by atomic mass is 10.1. The number of benzene rings is 3. The van der Waals surface area contributed by atoms with Crippen molar-refractivity contribution < 1.29 is 14.3 Å². The average Bonchev–Trinajstić information content (AvgIpc) is 3.01. The Bertz CT molecular complexity index is 1190. The molecule has 0 radical (unpaired) electrons. The molecular formula is C24H17BrClNO3S. The molecule has 0 bridgehead atoms. The van der Waals surface area contributed by atoms with Gasteiger partial charge in [-0.25, -0.2) is 4.90 Å². The maximum atomic E-state index is 12.8. The second kappa shape index (κ2) is 9.30. The van der Waals surface area contributed by atoms with Crippen molar-refractivity contribution in [3.05, 3.63) is 97.8 Å². The Kier molecular flexibility index (Phi) is 6.51. The predicted molar refractivity (Wildman–Crippen MR) is 130 cm³/mol. The number of carbonyl (C=O) groups is 2. The van der Waals surface area contributed by atoms with Crippen LogP contribution in [0.1, 0.15) is 16.7 Å². The van der Waals surface area contributed by atoms with Crippen LogP contribution < -0.4 is 9.64 Å². The van der Waals surface area contributed by atoms with Gasteiger partial charge in [-0.05, 0) is 88.2 Å². The minimum absolute atomic E-state index is 0.337. The van der Waals surface area contributed by atoms with Crippen molar-refractivity contribution in [1.29, 1.82) is 0 Å². The van der Waals surface area contributed by atoms with E-state index in [2.05, 4.69) is 22.0 Å². The van der Waals surface area contributed by atoms with Crippen molar-refractivity contribution in [2.75, 3.05) is 4.90 Å². The number of hydrogen-bond acceptors (Lipinski definition) is 4. The molecule has 3 aromatic rings.